The number of aromatic carboxylic acids is 1. The molecule has 0 saturated carbocycles. The SMILES string of the molecule is CC(CC(=O)Nc1cc(C(=O)O)c(F)cc1F)NC(=O)OCC1c2ccccc2-c2ccccc21. The fourth-order valence-electron chi connectivity index (χ4n) is 4.18. The van der Waals surface area contributed by atoms with Gasteiger partial charge in [0.2, 0.25) is 5.91 Å². The van der Waals surface area contributed by atoms with Crippen molar-refractivity contribution in [3.05, 3.63) is 89.0 Å². The zero-order valence-corrected chi connectivity index (χ0v) is 18.7. The van der Waals surface area contributed by atoms with Gasteiger partial charge >= 0.3 is 12.1 Å². The number of rotatable bonds is 7. The number of carbonyl (C=O) groups is 3. The molecule has 0 fully saturated rings. The molecule has 2 amide bonds. The quantitative estimate of drug-likeness (QED) is 0.445. The van der Waals surface area contributed by atoms with Crippen molar-refractivity contribution in [3.63, 3.8) is 0 Å². The molecule has 1 aliphatic carbocycles. The lowest BCUT2D eigenvalue weighted by atomic mass is 9.98. The minimum absolute atomic E-state index is 0.109. The van der Waals surface area contributed by atoms with E-state index in [1.165, 1.54) is 0 Å². The van der Waals surface area contributed by atoms with Crippen LogP contribution in [0.3, 0.4) is 0 Å². The molecule has 180 valence electrons. The summed E-state index contributed by atoms with van der Waals surface area (Å²) in [5.41, 5.74) is 3.09. The van der Waals surface area contributed by atoms with Gasteiger partial charge in [-0.3, -0.25) is 4.79 Å². The summed E-state index contributed by atoms with van der Waals surface area (Å²) in [5, 5.41) is 13.7. The molecule has 4 rings (SSSR count). The fraction of sp³-hybridized carbons (Fsp3) is 0.192. The van der Waals surface area contributed by atoms with Gasteiger partial charge < -0.3 is 20.5 Å². The monoisotopic (exact) mass is 480 g/mol. The summed E-state index contributed by atoms with van der Waals surface area (Å²) in [7, 11) is 0. The standard InChI is InChI=1S/C26H22F2N2O5/c1-14(10-24(31)30-23-11-19(25(32)33)21(27)12-22(23)28)29-26(34)35-13-20-17-8-4-2-6-15(17)16-7-3-5-9-18(16)20/h2-9,11-12,14,20H,10,13H2,1H3,(H,29,34)(H,30,31)(H,32,33). The van der Waals surface area contributed by atoms with Crippen LogP contribution in [0.2, 0.25) is 0 Å². The first-order valence-electron chi connectivity index (χ1n) is 10.9. The molecule has 3 aromatic carbocycles. The van der Waals surface area contributed by atoms with E-state index in [0.717, 1.165) is 22.3 Å². The van der Waals surface area contributed by atoms with Crippen molar-refractivity contribution < 1.29 is 33.0 Å². The van der Waals surface area contributed by atoms with Crippen molar-refractivity contribution in [1.29, 1.82) is 0 Å². The smallest absolute Gasteiger partial charge is 0.407 e. The molecule has 1 unspecified atom stereocenters. The molecule has 1 aliphatic rings. The summed E-state index contributed by atoms with van der Waals surface area (Å²) in [4.78, 5) is 35.6. The number of halogens is 2. The topological polar surface area (TPSA) is 105 Å². The van der Waals surface area contributed by atoms with E-state index < -0.39 is 46.9 Å². The number of ether oxygens (including phenoxy) is 1. The summed E-state index contributed by atoms with van der Waals surface area (Å²) >= 11 is 0. The number of hydrogen-bond donors (Lipinski definition) is 3. The molecule has 0 radical (unpaired) electrons. The van der Waals surface area contributed by atoms with Gasteiger partial charge in [0.15, 0.2) is 0 Å². The maximum Gasteiger partial charge on any atom is 0.407 e. The van der Waals surface area contributed by atoms with Crippen molar-refractivity contribution in [3.8, 4) is 11.1 Å². The number of carbonyl (C=O) groups excluding carboxylic acids is 2. The number of benzene rings is 3. The average Bonchev–Trinajstić information content (AvgIpc) is 3.13. The van der Waals surface area contributed by atoms with Gasteiger partial charge in [-0.05, 0) is 35.2 Å². The van der Waals surface area contributed by atoms with Gasteiger partial charge in [0, 0.05) is 24.4 Å². The second-order valence-corrected chi connectivity index (χ2v) is 8.24. The Morgan fingerprint density at radius 3 is 2.17 bits per heavy atom. The Morgan fingerprint density at radius 1 is 0.971 bits per heavy atom. The van der Waals surface area contributed by atoms with Crippen LogP contribution in [0.1, 0.15) is 40.7 Å². The maximum absolute atomic E-state index is 13.9. The number of amides is 2. The third-order valence-corrected chi connectivity index (χ3v) is 5.76. The predicted molar refractivity (Wildman–Crippen MR) is 124 cm³/mol. The lowest BCUT2D eigenvalue weighted by Gasteiger charge is -2.17. The Bertz CT molecular complexity index is 1270. The van der Waals surface area contributed by atoms with Gasteiger partial charge in [0.25, 0.3) is 0 Å². The molecule has 0 saturated heterocycles. The van der Waals surface area contributed by atoms with E-state index in [0.29, 0.717) is 12.1 Å². The zero-order valence-electron chi connectivity index (χ0n) is 18.7. The lowest BCUT2D eigenvalue weighted by molar-refractivity contribution is -0.116. The second kappa shape index (κ2) is 9.92. The minimum atomic E-state index is -1.59. The van der Waals surface area contributed by atoms with E-state index in [1.807, 2.05) is 48.5 Å². The van der Waals surface area contributed by atoms with E-state index in [-0.39, 0.29) is 18.9 Å². The van der Waals surface area contributed by atoms with Gasteiger partial charge in [-0.15, -0.1) is 0 Å². The molecule has 0 spiro atoms. The van der Waals surface area contributed by atoms with E-state index in [9.17, 15) is 23.2 Å². The van der Waals surface area contributed by atoms with E-state index in [2.05, 4.69) is 10.6 Å². The Labute approximate surface area is 199 Å². The molecule has 7 nitrogen and oxygen atoms in total. The van der Waals surface area contributed by atoms with Crippen molar-refractivity contribution in [2.75, 3.05) is 11.9 Å². The number of hydrogen-bond acceptors (Lipinski definition) is 4. The lowest BCUT2D eigenvalue weighted by Crippen LogP contribution is -2.36. The van der Waals surface area contributed by atoms with Crippen molar-refractivity contribution >= 4 is 23.7 Å². The highest BCUT2D eigenvalue weighted by Crippen LogP contribution is 2.44. The van der Waals surface area contributed by atoms with Crippen LogP contribution >= 0.6 is 0 Å². The largest absolute Gasteiger partial charge is 0.478 e. The highest BCUT2D eigenvalue weighted by atomic mass is 19.1. The van der Waals surface area contributed by atoms with Crippen LogP contribution in [0.25, 0.3) is 11.1 Å². The molecule has 0 heterocycles. The van der Waals surface area contributed by atoms with Crippen LogP contribution < -0.4 is 10.6 Å². The van der Waals surface area contributed by atoms with Crippen LogP contribution in [-0.2, 0) is 9.53 Å². The Morgan fingerprint density at radius 2 is 1.57 bits per heavy atom. The molecule has 0 aliphatic heterocycles. The maximum atomic E-state index is 13.9. The van der Waals surface area contributed by atoms with Gasteiger partial charge in [-0.1, -0.05) is 48.5 Å². The first-order chi connectivity index (χ1) is 16.7. The molecule has 9 heteroatoms. The number of fused-ring (bicyclic) bond motifs is 3. The minimum Gasteiger partial charge on any atom is -0.478 e. The third kappa shape index (κ3) is 5.13. The van der Waals surface area contributed by atoms with Gasteiger partial charge in [-0.25, -0.2) is 18.4 Å². The molecule has 35 heavy (non-hydrogen) atoms. The summed E-state index contributed by atoms with van der Waals surface area (Å²) in [6.45, 7) is 1.67. The number of nitrogens with one attached hydrogen (secondary N) is 2. The number of carboxylic acids is 1. The highest BCUT2D eigenvalue weighted by Gasteiger charge is 2.29. The molecular formula is C26H22F2N2O5. The molecule has 3 aromatic rings. The van der Waals surface area contributed by atoms with Crippen molar-refractivity contribution in [2.24, 2.45) is 0 Å². The molecule has 0 bridgehead atoms. The predicted octanol–water partition coefficient (Wildman–Crippen LogP) is 4.92. The highest BCUT2D eigenvalue weighted by molar-refractivity contribution is 5.94. The van der Waals surface area contributed by atoms with Crippen LogP contribution in [-0.4, -0.2) is 35.7 Å². The third-order valence-electron chi connectivity index (χ3n) is 5.76. The van der Waals surface area contributed by atoms with Crippen LogP contribution in [0.4, 0.5) is 19.3 Å². The van der Waals surface area contributed by atoms with Crippen LogP contribution in [0.15, 0.2) is 60.7 Å². The molecule has 1 atom stereocenters. The number of carboxylic acid groups (broad SMARTS) is 1. The van der Waals surface area contributed by atoms with Crippen LogP contribution in [0, 0.1) is 11.6 Å². The number of anilines is 1. The fourth-order valence-corrected chi connectivity index (χ4v) is 4.18. The van der Waals surface area contributed by atoms with E-state index in [4.69, 9.17) is 9.84 Å². The Hall–Kier alpha value is -4.27. The Balaban J connectivity index is 1.32. The van der Waals surface area contributed by atoms with E-state index in [1.54, 1.807) is 6.92 Å². The second-order valence-electron chi connectivity index (χ2n) is 8.24. The van der Waals surface area contributed by atoms with Crippen molar-refractivity contribution in [2.45, 2.75) is 25.3 Å². The first-order valence-corrected chi connectivity index (χ1v) is 10.9. The summed E-state index contributed by atoms with van der Waals surface area (Å²) < 4.78 is 32.9. The number of alkyl carbamates (subject to hydrolysis) is 1. The summed E-state index contributed by atoms with van der Waals surface area (Å²) in [6, 6.07) is 16.2. The van der Waals surface area contributed by atoms with Gasteiger partial charge in [-0.2, -0.15) is 0 Å². The average molecular weight is 480 g/mol. The van der Waals surface area contributed by atoms with Gasteiger partial charge in [0.05, 0.1) is 11.3 Å². The van der Waals surface area contributed by atoms with Crippen molar-refractivity contribution in [1.82, 2.24) is 5.32 Å². The van der Waals surface area contributed by atoms with E-state index >= 15 is 0 Å². The normalized spacial score (nSPS) is 12.9. The van der Waals surface area contributed by atoms with Crippen LogP contribution in [0.5, 0.6) is 0 Å². The Kier molecular flexibility index (Phi) is 6.77. The summed E-state index contributed by atoms with van der Waals surface area (Å²) in [6.07, 6.45) is -0.961. The molecule has 0 aromatic heterocycles. The summed E-state index contributed by atoms with van der Waals surface area (Å²) in [5.74, 6) is -4.77. The molecule has 3 N–H and O–H groups in total. The van der Waals surface area contributed by atoms with Gasteiger partial charge in [0.1, 0.15) is 18.2 Å². The zero-order chi connectivity index (χ0) is 25.1. The molecular weight excluding hydrogens is 458 g/mol. The first kappa shape index (κ1) is 23.9.